The van der Waals surface area contributed by atoms with Gasteiger partial charge in [-0.3, -0.25) is 4.79 Å². The van der Waals surface area contributed by atoms with Crippen LogP contribution in [0.25, 0.3) is 0 Å². The van der Waals surface area contributed by atoms with Crippen molar-refractivity contribution in [2.75, 3.05) is 18.5 Å². The third-order valence-corrected chi connectivity index (χ3v) is 3.49. The number of hydrogen-bond donors (Lipinski definition) is 1. The van der Waals surface area contributed by atoms with Crippen LogP contribution < -0.4 is 14.8 Å². The molecule has 0 bridgehead atoms. The van der Waals surface area contributed by atoms with E-state index >= 15 is 0 Å². The number of alkyl halides is 1. The standard InChI is InChI=1S/C14H18BrNO3/c1-10(6-7-15)8-16-14(17)13-9-18-11-4-2-3-5-12(11)19-13/h2-5,10,13H,6-9H2,1H3,(H,16,17). The topological polar surface area (TPSA) is 47.6 Å². The van der Waals surface area contributed by atoms with Crippen LogP contribution in [0.2, 0.25) is 0 Å². The van der Waals surface area contributed by atoms with Gasteiger partial charge in [-0.15, -0.1) is 0 Å². The van der Waals surface area contributed by atoms with Gasteiger partial charge in [0.05, 0.1) is 0 Å². The zero-order chi connectivity index (χ0) is 13.7. The number of halogens is 1. The van der Waals surface area contributed by atoms with Crippen LogP contribution in [0.3, 0.4) is 0 Å². The van der Waals surface area contributed by atoms with E-state index in [1.165, 1.54) is 0 Å². The molecule has 0 aliphatic carbocycles. The molecule has 19 heavy (non-hydrogen) atoms. The van der Waals surface area contributed by atoms with Gasteiger partial charge in [-0.1, -0.05) is 35.0 Å². The van der Waals surface area contributed by atoms with Crippen molar-refractivity contribution >= 4 is 21.8 Å². The first kappa shape index (κ1) is 14.2. The van der Waals surface area contributed by atoms with E-state index in [9.17, 15) is 4.79 Å². The summed E-state index contributed by atoms with van der Waals surface area (Å²) in [7, 11) is 0. The zero-order valence-corrected chi connectivity index (χ0v) is 12.5. The van der Waals surface area contributed by atoms with Crippen molar-refractivity contribution in [2.45, 2.75) is 19.4 Å². The van der Waals surface area contributed by atoms with Gasteiger partial charge in [0.25, 0.3) is 5.91 Å². The molecule has 2 atom stereocenters. The van der Waals surface area contributed by atoms with Gasteiger partial charge in [0.1, 0.15) is 6.61 Å². The Hall–Kier alpha value is -1.23. The minimum absolute atomic E-state index is 0.115. The lowest BCUT2D eigenvalue weighted by Crippen LogP contribution is -2.45. The van der Waals surface area contributed by atoms with Crippen molar-refractivity contribution in [1.29, 1.82) is 0 Å². The summed E-state index contributed by atoms with van der Waals surface area (Å²) in [6.07, 6.45) is 0.469. The van der Waals surface area contributed by atoms with Crippen molar-refractivity contribution < 1.29 is 14.3 Å². The lowest BCUT2D eigenvalue weighted by Gasteiger charge is -2.26. The fourth-order valence-corrected chi connectivity index (χ4v) is 2.61. The maximum absolute atomic E-state index is 12.0. The van der Waals surface area contributed by atoms with Gasteiger partial charge in [0.2, 0.25) is 6.10 Å². The molecule has 104 valence electrons. The predicted octanol–water partition coefficient (Wildman–Crippen LogP) is 2.36. The monoisotopic (exact) mass is 327 g/mol. The molecule has 1 aliphatic rings. The highest BCUT2D eigenvalue weighted by Crippen LogP contribution is 2.30. The van der Waals surface area contributed by atoms with Crippen LogP contribution in [0, 0.1) is 5.92 Å². The first-order valence-electron chi connectivity index (χ1n) is 6.43. The number of para-hydroxylation sites is 2. The van der Waals surface area contributed by atoms with E-state index in [1.54, 1.807) is 0 Å². The number of nitrogens with one attached hydrogen (secondary N) is 1. The third kappa shape index (κ3) is 3.86. The van der Waals surface area contributed by atoms with E-state index in [-0.39, 0.29) is 12.5 Å². The first-order valence-corrected chi connectivity index (χ1v) is 7.55. The van der Waals surface area contributed by atoms with E-state index in [0.29, 0.717) is 24.0 Å². The molecule has 5 heteroatoms. The van der Waals surface area contributed by atoms with Gasteiger partial charge in [0.15, 0.2) is 11.5 Å². The minimum atomic E-state index is -0.564. The second-order valence-electron chi connectivity index (χ2n) is 4.69. The molecule has 0 spiro atoms. The number of carbonyl (C=O) groups excluding carboxylic acids is 1. The molecule has 0 saturated heterocycles. The van der Waals surface area contributed by atoms with E-state index in [4.69, 9.17) is 9.47 Å². The number of benzene rings is 1. The number of hydrogen-bond acceptors (Lipinski definition) is 3. The van der Waals surface area contributed by atoms with E-state index in [2.05, 4.69) is 28.2 Å². The molecule has 1 aliphatic heterocycles. The largest absolute Gasteiger partial charge is 0.485 e. The summed E-state index contributed by atoms with van der Waals surface area (Å²) < 4.78 is 11.2. The van der Waals surface area contributed by atoms with Crippen LogP contribution in [-0.2, 0) is 4.79 Å². The molecule has 1 amide bonds. The highest BCUT2D eigenvalue weighted by molar-refractivity contribution is 9.09. The second-order valence-corrected chi connectivity index (χ2v) is 5.49. The Morgan fingerprint density at radius 3 is 2.95 bits per heavy atom. The maximum atomic E-state index is 12.0. The summed E-state index contributed by atoms with van der Waals surface area (Å²) in [5.41, 5.74) is 0. The molecule has 0 saturated carbocycles. The van der Waals surface area contributed by atoms with Crippen LogP contribution in [0.1, 0.15) is 13.3 Å². The molecule has 0 radical (unpaired) electrons. The molecular formula is C14H18BrNO3. The molecule has 1 aromatic carbocycles. The molecule has 2 unspecified atom stereocenters. The average molecular weight is 328 g/mol. The number of rotatable bonds is 5. The highest BCUT2D eigenvalue weighted by Gasteiger charge is 2.27. The van der Waals surface area contributed by atoms with Crippen molar-refractivity contribution in [3.05, 3.63) is 24.3 Å². The summed E-state index contributed by atoms with van der Waals surface area (Å²) in [4.78, 5) is 12.0. The molecule has 1 heterocycles. The van der Waals surface area contributed by atoms with Gasteiger partial charge in [-0.25, -0.2) is 0 Å². The number of amides is 1. The summed E-state index contributed by atoms with van der Waals surface area (Å²) in [5, 5.41) is 3.85. The Labute approximate surface area is 121 Å². The average Bonchev–Trinajstić information content (AvgIpc) is 2.44. The van der Waals surface area contributed by atoms with Gasteiger partial charge in [-0.05, 0) is 24.5 Å². The molecule has 1 N–H and O–H groups in total. The van der Waals surface area contributed by atoms with E-state index < -0.39 is 6.10 Å². The molecule has 4 nitrogen and oxygen atoms in total. The van der Waals surface area contributed by atoms with Crippen LogP contribution >= 0.6 is 15.9 Å². The lowest BCUT2D eigenvalue weighted by molar-refractivity contribution is -0.130. The number of fused-ring (bicyclic) bond motifs is 1. The highest BCUT2D eigenvalue weighted by atomic mass is 79.9. The fourth-order valence-electron chi connectivity index (χ4n) is 1.83. The summed E-state index contributed by atoms with van der Waals surface area (Å²) in [5.74, 6) is 1.65. The fraction of sp³-hybridized carbons (Fsp3) is 0.500. The number of carbonyl (C=O) groups is 1. The van der Waals surface area contributed by atoms with Crippen molar-refractivity contribution in [3.63, 3.8) is 0 Å². The normalized spacial score (nSPS) is 18.7. The summed E-state index contributed by atoms with van der Waals surface area (Å²) in [6.45, 7) is 3.02. The van der Waals surface area contributed by atoms with Gasteiger partial charge in [0, 0.05) is 11.9 Å². The quantitative estimate of drug-likeness (QED) is 0.844. The smallest absolute Gasteiger partial charge is 0.264 e. The Morgan fingerprint density at radius 1 is 1.47 bits per heavy atom. The predicted molar refractivity (Wildman–Crippen MR) is 76.9 cm³/mol. The summed E-state index contributed by atoms with van der Waals surface area (Å²) >= 11 is 3.39. The zero-order valence-electron chi connectivity index (χ0n) is 10.9. The third-order valence-electron chi connectivity index (χ3n) is 3.03. The maximum Gasteiger partial charge on any atom is 0.264 e. The molecular weight excluding hydrogens is 310 g/mol. The van der Waals surface area contributed by atoms with Crippen molar-refractivity contribution in [2.24, 2.45) is 5.92 Å². The molecule has 0 fully saturated rings. The number of ether oxygens (including phenoxy) is 2. The van der Waals surface area contributed by atoms with E-state index in [0.717, 1.165) is 11.8 Å². The van der Waals surface area contributed by atoms with Crippen molar-refractivity contribution in [3.8, 4) is 11.5 Å². The van der Waals surface area contributed by atoms with Crippen LogP contribution in [0.15, 0.2) is 24.3 Å². The SMILES string of the molecule is CC(CCBr)CNC(=O)C1COc2ccccc2O1. The summed E-state index contributed by atoms with van der Waals surface area (Å²) in [6, 6.07) is 7.38. The molecule has 1 aromatic rings. The van der Waals surface area contributed by atoms with E-state index in [1.807, 2.05) is 24.3 Å². The Balaban J connectivity index is 1.85. The molecule has 0 aromatic heterocycles. The Morgan fingerprint density at radius 2 is 2.21 bits per heavy atom. The van der Waals surface area contributed by atoms with Gasteiger partial charge < -0.3 is 14.8 Å². The second kappa shape index (κ2) is 6.80. The van der Waals surface area contributed by atoms with Gasteiger partial charge >= 0.3 is 0 Å². The Kier molecular flexibility index (Phi) is 5.07. The van der Waals surface area contributed by atoms with Crippen LogP contribution in [0.5, 0.6) is 11.5 Å². The first-order chi connectivity index (χ1) is 9.20. The van der Waals surface area contributed by atoms with Gasteiger partial charge in [-0.2, -0.15) is 0 Å². The Bertz CT molecular complexity index is 438. The minimum Gasteiger partial charge on any atom is -0.485 e. The lowest BCUT2D eigenvalue weighted by atomic mass is 10.1. The van der Waals surface area contributed by atoms with Crippen molar-refractivity contribution in [1.82, 2.24) is 5.32 Å². The molecule has 2 rings (SSSR count). The van der Waals surface area contributed by atoms with Crippen LogP contribution in [0.4, 0.5) is 0 Å². The van der Waals surface area contributed by atoms with Crippen LogP contribution in [-0.4, -0.2) is 30.5 Å².